The minimum atomic E-state index is -0.118. The van der Waals surface area contributed by atoms with Gasteiger partial charge >= 0.3 is 5.97 Å². The van der Waals surface area contributed by atoms with Crippen LogP contribution in [-0.4, -0.2) is 71.5 Å². The number of carbonyl (C=O) groups excluding carboxylic acids is 2. The van der Waals surface area contributed by atoms with Crippen LogP contribution >= 0.6 is 23.5 Å². The third-order valence-electron chi connectivity index (χ3n) is 6.24. The molecule has 0 aliphatic rings. The topological polar surface area (TPSA) is 95.9 Å². The van der Waals surface area contributed by atoms with Gasteiger partial charge in [-0.1, -0.05) is 77.0 Å². The fourth-order valence-corrected chi connectivity index (χ4v) is 5.55. The van der Waals surface area contributed by atoms with E-state index in [4.69, 9.17) is 14.9 Å². The van der Waals surface area contributed by atoms with Crippen molar-refractivity contribution in [2.45, 2.75) is 122 Å². The number of hydrogen-bond donors (Lipinski definition) is 3. The van der Waals surface area contributed by atoms with E-state index in [-0.39, 0.29) is 25.1 Å². The Morgan fingerprint density at radius 3 is 1.46 bits per heavy atom. The van der Waals surface area contributed by atoms with Crippen LogP contribution in [0.25, 0.3) is 0 Å². The number of aliphatic hydroxyl groups excluding tert-OH is 2. The minimum absolute atomic E-state index is 0.104. The molecule has 220 valence electrons. The molecule has 0 aromatic heterocycles. The van der Waals surface area contributed by atoms with Crippen LogP contribution in [-0.2, 0) is 14.3 Å². The molecule has 3 N–H and O–H groups in total. The highest BCUT2D eigenvalue weighted by atomic mass is 32.2. The number of amides is 1. The Hall–Kier alpha value is -0.440. The summed E-state index contributed by atoms with van der Waals surface area (Å²) in [6.45, 7) is 1.53. The molecule has 0 aliphatic heterocycles. The Morgan fingerprint density at radius 1 is 0.541 bits per heavy atom. The molecule has 0 fully saturated rings. The third kappa shape index (κ3) is 31.7. The van der Waals surface area contributed by atoms with Crippen molar-refractivity contribution >= 4 is 35.4 Å². The molecule has 0 radical (unpaired) electrons. The smallest absolute Gasteiger partial charge is 0.305 e. The average Bonchev–Trinajstić information content (AvgIpc) is 2.89. The molecule has 0 aromatic carbocycles. The van der Waals surface area contributed by atoms with Crippen molar-refractivity contribution in [3.05, 3.63) is 0 Å². The number of nitrogens with one attached hydrogen (secondary N) is 1. The second kappa shape index (κ2) is 31.8. The van der Waals surface area contributed by atoms with E-state index in [1.807, 2.05) is 23.5 Å². The Morgan fingerprint density at radius 2 is 0.973 bits per heavy atom. The van der Waals surface area contributed by atoms with Crippen molar-refractivity contribution in [3.8, 4) is 0 Å². The maximum atomic E-state index is 11.9. The van der Waals surface area contributed by atoms with Crippen LogP contribution in [0.1, 0.15) is 122 Å². The van der Waals surface area contributed by atoms with Crippen molar-refractivity contribution in [3.63, 3.8) is 0 Å². The number of thioether (sulfide) groups is 2. The number of hydrogen-bond acceptors (Lipinski definition) is 7. The number of rotatable bonds is 30. The van der Waals surface area contributed by atoms with Gasteiger partial charge in [-0.25, -0.2) is 0 Å². The van der Waals surface area contributed by atoms with Gasteiger partial charge < -0.3 is 20.3 Å². The van der Waals surface area contributed by atoms with E-state index in [0.717, 1.165) is 48.7 Å². The molecule has 0 heterocycles. The quantitative estimate of drug-likeness (QED) is 0.0677. The van der Waals surface area contributed by atoms with E-state index in [1.165, 1.54) is 77.0 Å². The van der Waals surface area contributed by atoms with Crippen LogP contribution in [0.3, 0.4) is 0 Å². The SMILES string of the molecule is O=C(CCCCCCCCCCSCCO)NCCCOC(=O)CCCCCCCCCCSCCO. The molecule has 0 saturated carbocycles. The van der Waals surface area contributed by atoms with Crippen LogP contribution in [0, 0.1) is 0 Å². The van der Waals surface area contributed by atoms with E-state index in [9.17, 15) is 9.59 Å². The number of carbonyl (C=O) groups is 2. The molecule has 0 saturated heterocycles. The van der Waals surface area contributed by atoms with Crippen molar-refractivity contribution in [1.29, 1.82) is 0 Å². The van der Waals surface area contributed by atoms with Crippen LogP contribution in [0.4, 0.5) is 0 Å². The molecule has 0 spiro atoms. The molecule has 0 rings (SSSR count). The van der Waals surface area contributed by atoms with Crippen LogP contribution < -0.4 is 5.32 Å². The lowest BCUT2D eigenvalue weighted by Crippen LogP contribution is -2.25. The highest BCUT2D eigenvalue weighted by molar-refractivity contribution is 7.99. The summed E-state index contributed by atoms with van der Waals surface area (Å²) in [5, 5.41) is 20.4. The van der Waals surface area contributed by atoms with Gasteiger partial charge in [0.05, 0.1) is 19.8 Å². The zero-order valence-electron chi connectivity index (χ0n) is 23.5. The zero-order chi connectivity index (χ0) is 27.1. The fourth-order valence-electron chi connectivity index (χ4n) is 4.06. The summed E-state index contributed by atoms with van der Waals surface area (Å²) < 4.78 is 5.28. The fraction of sp³-hybridized carbons (Fsp3) is 0.931. The molecule has 0 bridgehead atoms. The molecule has 1 amide bonds. The van der Waals surface area contributed by atoms with Gasteiger partial charge in [0, 0.05) is 30.9 Å². The molecular formula is C29H57NO5S2. The Labute approximate surface area is 236 Å². The molecule has 0 unspecified atom stereocenters. The number of unbranched alkanes of at least 4 members (excludes halogenated alkanes) is 14. The van der Waals surface area contributed by atoms with Gasteiger partial charge in [-0.2, -0.15) is 23.5 Å². The van der Waals surface area contributed by atoms with Crippen molar-refractivity contribution in [2.24, 2.45) is 0 Å². The molecule has 37 heavy (non-hydrogen) atoms. The van der Waals surface area contributed by atoms with Crippen LogP contribution in [0.5, 0.6) is 0 Å². The van der Waals surface area contributed by atoms with Crippen molar-refractivity contribution in [1.82, 2.24) is 5.32 Å². The lowest BCUT2D eigenvalue weighted by molar-refractivity contribution is -0.143. The van der Waals surface area contributed by atoms with Gasteiger partial charge in [-0.3, -0.25) is 9.59 Å². The second-order valence-electron chi connectivity index (χ2n) is 9.75. The molecule has 0 aromatic rings. The van der Waals surface area contributed by atoms with E-state index in [0.29, 0.717) is 32.4 Å². The molecule has 6 nitrogen and oxygen atoms in total. The number of aliphatic hydroxyl groups is 2. The highest BCUT2D eigenvalue weighted by Crippen LogP contribution is 2.13. The van der Waals surface area contributed by atoms with E-state index in [1.54, 1.807) is 0 Å². The van der Waals surface area contributed by atoms with Gasteiger partial charge in [0.15, 0.2) is 0 Å². The summed E-state index contributed by atoms with van der Waals surface area (Å²) >= 11 is 3.67. The number of ether oxygens (including phenoxy) is 1. The van der Waals surface area contributed by atoms with Gasteiger partial charge in [-0.05, 0) is 43.6 Å². The Bertz CT molecular complexity index is 455. The molecular weight excluding hydrogens is 506 g/mol. The predicted octanol–water partition coefficient (Wildman–Crippen LogP) is 6.51. The van der Waals surface area contributed by atoms with Crippen molar-refractivity contribution < 1.29 is 24.5 Å². The largest absolute Gasteiger partial charge is 0.466 e. The molecule has 8 heteroatoms. The normalized spacial score (nSPS) is 11.1. The lowest BCUT2D eigenvalue weighted by atomic mass is 10.1. The van der Waals surface area contributed by atoms with Crippen LogP contribution in [0.15, 0.2) is 0 Å². The maximum absolute atomic E-state index is 11.9. The monoisotopic (exact) mass is 563 g/mol. The zero-order valence-corrected chi connectivity index (χ0v) is 25.2. The lowest BCUT2D eigenvalue weighted by Gasteiger charge is -2.07. The minimum Gasteiger partial charge on any atom is -0.466 e. The predicted molar refractivity (Wildman–Crippen MR) is 161 cm³/mol. The summed E-state index contributed by atoms with van der Waals surface area (Å²) in [5.74, 6) is 4.02. The highest BCUT2D eigenvalue weighted by Gasteiger charge is 2.04. The molecule has 0 aliphatic carbocycles. The summed E-state index contributed by atoms with van der Waals surface area (Å²) in [6.07, 6.45) is 20.9. The van der Waals surface area contributed by atoms with E-state index in [2.05, 4.69) is 5.32 Å². The maximum Gasteiger partial charge on any atom is 0.305 e. The number of esters is 1. The first-order chi connectivity index (χ1) is 18.2. The van der Waals surface area contributed by atoms with E-state index >= 15 is 0 Å². The summed E-state index contributed by atoms with van der Waals surface area (Å²) in [6, 6.07) is 0. The molecule has 0 atom stereocenters. The van der Waals surface area contributed by atoms with Crippen LogP contribution in [0.2, 0.25) is 0 Å². The van der Waals surface area contributed by atoms with Gasteiger partial charge in [0.2, 0.25) is 5.91 Å². The van der Waals surface area contributed by atoms with Gasteiger partial charge in [-0.15, -0.1) is 0 Å². The first-order valence-electron chi connectivity index (χ1n) is 15.0. The summed E-state index contributed by atoms with van der Waals surface area (Å²) in [7, 11) is 0. The average molecular weight is 564 g/mol. The van der Waals surface area contributed by atoms with E-state index < -0.39 is 0 Å². The first-order valence-corrected chi connectivity index (χ1v) is 17.3. The first kappa shape index (κ1) is 36.6. The standard InChI is InChI=1S/C29H57NO5S2/c31-21-26-36-24-15-11-7-3-1-5-9-13-18-28(33)30-20-17-23-35-29(34)19-14-10-6-2-4-8-12-16-25-37-27-22-32/h31-32H,1-27H2,(H,30,33). The van der Waals surface area contributed by atoms with Gasteiger partial charge in [0.25, 0.3) is 0 Å². The second-order valence-corrected chi connectivity index (χ2v) is 12.2. The van der Waals surface area contributed by atoms with Gasteiger partial charge in [0.1, 0.15) is 0 Å². The Balaban J connectivity index is 3.27. The summed E-state index contributed by atoms with van der Waals surface area (Å²) in [5.41, 5.74) is 0. The summed E-state index contributed by atoms with van der Waals surface area (Å²) in [4.78, 5) is 23.7. The third-order valence-corrected chi connectivity index (χ3v) is 8.34. The Kier molecular flexibility index (Phi) is 31.4. The van der Waals surface area contributed by atoms with Crippen molar-refractivity contribution in [2.75, 3.05) is 49.4 Å².